The SMILES string of the molecule is CCNCc1cccnc1Oc1ccc(CC)cc1OC. The van der Waals surface area contributed by atoms with Gasteiger partial charge in [-0.2, -0.15) is 0 Å². The molecule has 21 heavy (non-hydrogen) atoms. The van der Waals surface area contributed by atoms with Crippen LogP contribution in [0.2, 0.25) is 0 Å². The summed E-state index contributed by atoms with van der Waals surface area (Å²) < 4.78 is 11.4. The number of aryl methyl sites for hydroxylation is 1. The number of nitrogens with zero attached hydrogens (tertiary/aromatic N) is 1. The second-order valence-electron chi connectivity index (χ2n) is 4.69. The van der Waals surface area contributed by atoms with E-state index in [1.54, 1.807) is 13.3 Å². The van der Waals surface area contributed by atoms with E-state index in [0.29, 0.717) is 11.6 Å². The lowest BCUT2D eigenvalue weighted by atomic mass is 10.1. The van der Waals surface area contributed by atoms with Crippen molar-refractivity contribution in [2.24, 2.45) is 0 Å². The molecule has 4 heteroatoms. The van der Waals surface area contributed by atoms with Gasteiger partial charge in [0.15, 0.2) is 11.5 Å². The van der Waals surface area contributed by atoms with Crippen LogP contribution in [-0.4, -0.2) is 18.6 Å². The molecule has 1 N–H and O–H groups in total. The Morgan fingerprint density at radius 3 is 2.71 bits per heavy atom. The first-order valence-electron chi connectivity index (χ1n) is 7.27. The molecule has 1 aromatic heterocycles. The highest BCUT2D eigenvalue weighted by Gasteiger charge is 2.10. The molecule has 1 aromatic carbocycles. The number of nitrogens with one attached hydrogen (secondary N) is 1. The van der Waals surface area contributed by atoms with Crippen molar-refractivity contribution in [3.63, 3.8) is 0 Å². The topological polar surface area (TPSA) is 43.4 Å². The molecule has 0 saturated carbocycles. The van der Waals surface area contributed by atoms with Gasteiger partial charge in [-0.05, 0) is 36.7 Å². The van der Waals surface area contributed by atoms with Gasteiger partial charge in [0, 0.05) is 18.3 Å². The first-order chi connectivity index (χ1) is 10.3. The Kier molecular flexibility index (Phi) is 5.58. The van der Waals surface area contributed by atoms with Gasteiger partial charge in [0.2, 0.25) is 5.88 Å². The zero-order valence-corrected chi connectivity index (χ0v) is 12.8. The number of hydrogen-bond acceptors (Lipinski definition) is 4. The van der Waals surface area contributed by atoms with E-state index >= 15 is 0 Å². The molecule has 4 nitrogen and oxygen atoms in total. The van der Waals surface area contributed by atoms with E-state index in [4.69, 9.17) is 9.47 Å². The monoisotopic (exact) mass is 286 g/mol. The Balaban J connectivity index is 2.25. The Bertz CT molecular complexity index is 585. The lowest BCUT2D eigenvalue weighted by molar-refractivity contribution is 0.371. The van der Waals surface area contributed by atoms with E-state index in [2.05, 4.69) is 24.1 Å². The summed E-state index contributed by atoms with van der Waals surface area (Å²) in [6.45, 7) is 5.82. The summed E-state index contributed by atoms with van der Waals surface area (Å²) in [5, 5.41) is 3.29. The van der Waals surface area contributed by atoms with Crippen LogP contribution in [0.4, 0.5) is 0 Å². The molecule has 2 rings (SSSR count). The number of pyridine rings is 1. The normalized spacial score (nSPS) is 10.4. The van der Waals surface area contributed by atoms with E-state index in [1.165, 1.54) is 5.56 Å². The Labute approximate surface area is 126 Å². The maximum absolute atomic E-state index is 5.95. The van der Waals surface area contributed by atoms with Gasteiger partial charge in [-0.15, -0.1) is 0 Å². The van der Waals surface area contributed by atoms with Crippen LogP contribution in [0.25, 0.3) is 0 Å². The highest BCUT2D eigenvalue weighted by Crippen LogP contribution is 2.32. The molecule has 0 radical (unpaired) electrons. The summed E-state index contributed by atoms with van der Waals surface area (Å²) in [5.41, 5.74) is 2.24. The first kappa shape index (κ1) is 15.3. The van der Waals surface area contributed by atoms with Crippen LogP contribution in [0.1, 0.15) is 25.0 Å². The Hall–Kier alpha value is -2.07. The lowest BCUT2D eigenvalue weighted by Gasteiger charge is -2.13. The van der Waals surface area contributed by atoms with Crippen LogP contribution >= 0.6 is 0 Å². The van der Waals surface area contributed by atoms with Crippen molar-refractivity contribution >= 4 is 0 Å². The molecule has 1 heterocycles. The second kappa shape index (κ2) is 7.64. The van der Waals surface area contributed by atoms with E-state index in [-0.39, 0.29) is 0 Å². The van der Waals surface area contributed by atoms with E-state index in [1.807, 2.05) is 30.3 Å². The molecule has 0 bridgehead atoms. The van der Waals surface area contributed by atoms with E-state index < -0.39 is 0 Å². The number of benzene rings is 1. The highest BCUT2D eigenvalue weighted by atomic mass is 16.5. The van der Waals surface area contributed by atoms with Crippen LogP contribution in [0.15, 0.2) is 36.5 Å². The number of hydrogen-bond donors (Lipinski definition) is 1. The van der Waals surface area contributed by atoms with Crippen molar-refractivity contribution in [3.05, 3.63) is 47.7 Å². The van der Waals surface area contributed by atoms with Crippen LogP contribution in [0, 0.1) is 0 Å². The van der Waals surface area contributed by atoms with Gasteiger partial charge in [-0.25, -0.2) is 4.98 Å². The van der Waals surface area contributed by atoms with Crippen molar-refractivity contribution in [2.45, 2.75) is 26.8 Å². The molecule has 0 aliphatic rings. The Morgan fingerprint density at radius 2 is 2.00 bits per heavy atom. The summed E-state index contributed by atoms with van der Waals surface area (Å²) in [6, 6.07) is 9.91. The standard InChI is InChI=1S/C17H22N2O2/c1-4-13-8-9-15(16(11-13)20-3)21-17-14(12-18-5-2)7-6-10-19-17/h6-11,18H,4-5,12H2,1-3H3. The van der Waals surface area contributed by atoms with Crippen molar-refractivity contribution in [2.75, 3.05) is 13.7 Å². The minimum absolute atomic E-state index is 0.612. The van der Waals surface area contributed by atoms with Crippen molar-refractivity contribution in [3.8, 4) is 17.4 Å². The zero-order chi connectivity index (χ0) is 15.1. The molecule has 2 aromatic rings. The molecule has 0 fully saturated rings. The molecule has 0 aliphatic heterocycles. The molecule has 0 atom stereocenters. The molecular formula is C17H22N2O2. The summed E-state index contributed by atoms with van der Waals surface area (Å²) >= 11 is 0. The molecule has 0 aliphatic carbocycles. The summed E-state index contributed by atoms with van der Waals surface area (Å²) in [6.07, 6.45) is 2.70. The molecule has 112 valence electrons. The van der Waals surface area contributed by atoms with Crippen LogP contribution in [0.5, 0.6) is 17.4 Å². The largest absolute Gasteiger partial charge is 0.493 e. The minimum Gasteiger partial charge on any atom is -0.493 e. The minimum atomic E-state index is 0.612. The fraction of sp³-hybridized carbons (Fsp3) is 0.353. The smallest absolute Gasteiger partial charge is 0.223 e. The zero-order valence-electron chi connectivity index (χ0n) is 12.8. The third-order valence-corrected chi connectivity index (χ3v) is 3.26. The fourth-order valence-electron chi connectivity index (χ4n) is 2.03. The van der Waals surface area contributed by atoms with Crippen LogP contribution < -0.4 is 14.8 Å². The van der Waals surface area contributed by atoms with Crippen molar-refractivity contribution in [1.82, 2.24) is 10.3 Å². The summed E-state index contributed by atoms with van der Waals surface area (Å²) in [5.74, 6) is 2.03. The maximum Gasteiger partial charge on any atom is 0.223 e. The van der Waals surface area contributed by atoms with E-state index in [0.717, 1.165) is 30.8 Å². The fourth-order valence-corrected chi connectivity index (χ4v) is 2.03. The maximum atomic E-state index is 5.95. The number of ether oxygens (including phenoxy) is 2. The number of methoxy groups -OCH3 is 1. The van der Waals surface area contributed by atoms with Gasteiger partial charge in [-0.3, -0.25) is 0 Å². The third kappa shape index (κ3) is 3.95. The quantitative estimate of drug-likeness (QED) is 0.845. The average Bonchev–Trinajstić information content (AvgIpc) is 2.54. The van der Waals surface area contributed by atoms with Crippen molar-refractivity contribution in [1.29, 1.82) is 0 Å². The molecule has 0 unspecified atom stereocenters. The third-order valence-electron chi connectivity index (χ3n) is 3.26. The lowest BCUT2D eigenvalue weighted by Crippen LogP contribution is -2.12. The average molecular weight is 286 g/mol. The molecular weight excluding hydrogens is 264 g/mol. The van der Waals surface area contributed by atoms with Gasteiger partial charge < -0.3 is 14.8 Å². The second-order valence-corrected chi connectivity index (χ2v) is 4.69. The predicted octanol–water partition coefficient (Wildman–Crippen LogP) is 3.55. The first-order valence-corrected chi connectivity index (χ1v) is 7.27. The van der Waals surface area contributed by atoms with Crippen LogP contribution in [-0.2, 0) is 13.0 Å². The van der Waals surface area contributed by atoms with Crippen LogP contribution in [0.3, 0.4) is 0 Å². The van der Waals surface area contributed by atoms with Gasteiger partial charge >= 0.3 is 0 Å². The Morgan fingerprint density at radius 1 is 1.14 bits per heavy atom. The molecule has 0 saturated heterocycles. The molecule has 0 amide bonds. The predicted molar refractivity (Wildman–Crippen MR) is 84.1 cm³/mol. The van der Waals surface area contributed by atoms with Gasteiger partial charge in [0.25, 0.3) is 0 Å². The number of rotatable bonds is 7. The van der Waals surface area contributed by atoms with Gasteiger partial charge in [-0.1, -0.05) is 26.0 Å². The van der Waals surface area contributed by atoms with Gasteiger partial charge in [0.1, 0.15) is 0 Å². The van der Waals surface area contributed by atoms with E-state index in [9.17, 15) is 0 Å². The number of aromatic nitrogens is 1. The highest BCUT2D eigenvalue weighted by molar-refractivity contribution is 5.45. The summed E-state index contributed by atoms with van der Waals surface area (Å²) in [4.78, 5) is 4.33. The van der Waals surface area contributed by atoms with Crippen molar-refractivity contribution < 1.29 is 9.47 Å². The molecule has 0 spiro atoms. The van der Waals surface area contributed by atoms with Gasteiger partial charge in [0.05, 0.1) is 7.11 Å². The summed E-state index contributed by atoms with van der Waals surface area (Å²) in [7, 11) is 1.65.